The van der Waals surface area contributed by atoms with Crippen LogP contribution in [0.4, 0.5) is 5.82 Å². The molecule has 3 saturated heterocycles. The van der Waals surface area contributed by atoms with Crippen molar-refractivity contribution < 1.29 is 4.79 Å². The van der Waals surface area contributed by atoms with Gasteiger partial charge < -0.3 is 10.6 Å². The molecular formula is C33H31N7O. The number of piperazine rings is 1. The highest BCUT2D eigenvalue weighted by Gasteiger charge is 2.40. The maximum atomic E-state index is 12.3. The topological polar surface area (TPSA) is 93.2 Å². The number of amides is 1. The zero-order chi connectivity index (χ0) is 27.9. The van der Waals surface area contributed by atoms with Gasteiger partial charge in [0.2, 0.25) is 5.91 Å². The fourth-order valence-corrected chi connectivity index (χ4v) is 6.24. The second-order valence-electron chi connectivity index (χ2n) is 10.8. The normalized spacial score (nSPS) is 18.6. The molecule has 1 amide bonds. The lowest BCUT2D eigenvalue weighted by atomic mass is 9.90. The molecule has 8 heteroatoms. The zero-order valence-corrected chi connectivity index (χ0v) is 22.7. The summed E-state index contributed by atoms with van der Waals surface area (Å²) in [6.07, 6.45) is 5.31. The number of pyridine rings is 2. The van der Waals surface area contributed by atoms with E-state index in [4.69, 9.17) is 15.7 Å². The number of carbonyl (C=O) groups is 1. The molecule has 3 aliphatic rings. The van der Waals surface area contributed by atoms with Crippen molar-refractivity contribution in [3.8, 4) is 28.3 Å². The van der Waals surface area contributed by atoms with Gasteiger partial charge in [0.25, 0.3) is 0 Å². The number of imidazole rings is 1. The fourth-order valence-electron chi connectivity index (χ4n) is 6.24. The van der Waals surface area contributed by atoms with Gasteiger partial charge in [-0.3, -0.25) is 14.3 Å². The Morgan fingerprint density at radius 1 is 0.927 bits per heavy atom. The quantitative estimate of drug-likeness (QED) is 0.301. The number of nitrogens with zero attached hydrogens (tertiary/aromatic N) is 6. The van der Waals surface area contributed by atoms with Crippen molar-refractivity contribution in [2.45, 2.75) is 31.5 Å². The number of rotatable bonds is 6. The molecule has 3 fully saturated rings. The van der Waals surface area contributed by atoms with Crippen LogP contribution in [0.5, 0.6) is 0 Å². The van der Waals surface area contributed by atoms with E-state index in [2.05, 4.69) is 57.4 Å². The van der Waals surface area contributed by atoms with E-state index >= 15 is 0 Å². The van der Waals surface area contributed by atoms with Crippen molar-refractivity contribution in [2.24, 2.45) is 0 Å². The fraction of sp³-hybridized carbons (Fsp3) is 0.212. The van der Waals surface area contributed by atoms with Crippen molar-refractivity contribution in [1.82, 2.24) is 29.3 Å². The Hall–Kier alpha value is -4.82. The van der Waals surface area contributed by atoms with Gasteiger partial charge in [-0.05, 0) is 60.9 Å². The Balaban J connectivity index is 1.24. The van der Waals surface area contributed by atoms with Crippen molar-refractivity contribution in [3.05, 3.63) is 103 Å². The Bertz CT molecular complexity index is 1750. The van der Waals surface area contributed by atoms with Crippen molar-refractivity contribution >= 4 is 22.9 Å². The standard InChI is InChI=1S/C33H31N7O/c1-2-30(41)39-21-25-14-15-26(39)20-38(25)19-22-10-12-24(13-11-22)40-32(27-9-6-18-35-31(27)34)37-29-17-16-28(36-33(29)40)23-7-4-3-5-8-23/h2-13,16-18,25-26H,1,14-15,19-21H2,(H2,34,35)/t25?,26-/m0/s1. The number of benzene rings is 2. The van der Waals surface area contributed by atoms with Crippen LogP contribution in [-0.4, -0.2) is 60.4 Å². The molecule has 0 radical (unpaired) electrons. The molecule has 2 aromatic carbocycles. The molecule has 6 heterocycles. The summed E-state index contributed by atoms with van der Waals surface area (Å²) in [5.41, 5.74) is 12.7. The zero-order valence-electron chi connectivity index (χ0n) is 22.7. The summed E-state index contributed by atoms with van der Waals surface area (Å²) < 4.78 is 2.07. The van der Waals surface area contributed by atoms with Crippen LogP contribution in [-0.2, 0) is 11.3 Å². The van der Waals surface area contributed by atoms with Crippen LogP contribution >= 0.6 is 0 Å². The number of nitrogens with two attached hydrogens (primary N) is 1. The number of hydrogen-bond donors (Lipinski definition) is 1. The number of anilines is 1. The van der Waals surface area contributed by atoms with Gasteiger partial charge in [-0.1, -0.05) is 49.0 Å². The molecule has 0 spiro atoms. The number of carbonyl (C=O) groups excluding carboxylic acids is 1. The molecule has 8 nitrogen and oxygen atoms in total. The van der Waals surface area contributed by atoms with Gasteiger partial charge in [0, 0.05) is 49.2 Å². The van der Waals surface area contributed by atoms with Crippen LogP contribution in [0, 0.1) is 0 Å². The summed E-state index contributed by atoms with van der Waals surface area (Å²) in [5.74, 6) is 1.18. The third-order valence-electron chi connectivity index (χ3n) is 8.33. The number of aromatic nitrogens is 4. The average Bonchev–Trinajstić information content (AvgIpc) is 3.40. The third kappa shape index (κ3) is 4.56. The van der Waals surface area contributed by atoms with Crippen molar-refractivity contribution in [2.75, 3.05) is 18.8 Å². The number of piperidine rings is 2. The van der Waals surface area contributed by atoms with Gasteiger partial charge >= 0.3 is 0 Å². The van der Waals surface area contributed by atoms with E-state index in [1.54, 1.807) is 6.20 Å². The lowest BCUT2D eigenvalue weighted by Gasteiger charge is -2.51. The highest BCUT2D eigenvalue weighted by atomic mass is 16.2. The molecule has 3 aliphatic heterocycles. The van der Waals surface area contributed by atoms with E-state index < -0.39 is 0 Å². The summed E-state index contributed by atoms with van der Waals surface area (Å²) in [4.78, 5) is 31.1. The first kappa shape index (κ1) is 25.2. The highest BCUT2D eigenvalue weighted by molar-refractivity contribution is 5.87. The first-order valence-electron chi connectivity index (χ1n) is 14.0. The average molecular weight is 542 g/mol. The molecule has 3 aromatic heterocycles. The maximum Gasteiger partial charge on any atom is 0.246 e. The van der Waals surface area contributed by atoms with Gasteiger partial charge in [0.1, 0.15) is 11.3 Å². The minimum Gasteiger partial charge on any atom is -0.383 e. The Kier molecular flexibility index (Phi) is 6.32. The molecule has 0 aliphatic carbocycles. The van der Waals surface area contributed by atoms with Crippen LogP contribution in [0.2, 0.25) is 0 Å². The first-order valence-corrected chi connectivity index (χ1v) is 14.0. The number of nitrogen functional groups attached to an aromatic ring is 1. The van der Waals surface area contributed by atoms with Gasteiger partial charge in [-0.25, -0.2) is 15.0 Å². The monoisotopic (exact) mass is 541 g/mol. The Morgan fingerprint density at radius 2 is 1.73 bits per heavy atom. The smallest absolute Gasteiger partial charge is 0.246 e. The van der Waals surface area contributed by atoms with Gasteiger partial charge in [0.15, 0.2) is 11.5 Å². The molecule has 5 aromatic rings. The Morgan fingerprint density at radius 3 is 2.46 bits per heavy atom. The second-order valence-corrected chi connectivity index (χ2v) is 10.8. The molecule has 8 rings (SSSR count). The van der Waals surface area contributed by atoms with Crippen LogP contribution in [0.25, 0.3) is 39.5 Å². The minimum absolute atomic E-state index is 0.0466. The van der Waals surface area contributed by atoms with Crippen LogP contribution < -0.4 is 5.73 Å². The molecule has 41 heavy (non-hydrogen) atoms. The Labute approximate surface area is 238 Å². The van der Waals surface area contributed by atoms with Crippen molar-refractivity contribution in [1.29, 1.82) is 0 Å². The molecular weight excluding hydrogens is 510 g/mol. The van der Waals surface area contributed by atoms with E-state index in [1.165, 1.54) is 11.6 Å². The number of fused-ring (bicyclic) bond motifs is 4. The first-order chi connectivity index (χ1) is 20.1. The molecule has 1 unspecified atom stereocenters. The van der Waals surface area contributed by atoms with E-state index in [0.717, 1.165) is 66.1 Å². The largest absolute Gasteiger partial charge is 0.383 e. The summed E-state index contributed by atoms with van der Waals surface area (Å²) >= 11 is 0. The van der Waals surface area contributed by atoms with E-state index in [-0.39, 0.29) is 11.9 Å². The number of hydrogen-bond acceptors (Lipinski definition) is 6. The van der Waals surface area contributed by atoms with E-state index in [9.17, 15) is 4.79 Å². The van der Waals surface area contributed by atoms with Crippen LogP contribution in [0.1, 0.15) is 18.4 Å². The van der Waals surface area contributed by atoms with Crippen LogP contribution in [0.15, 0.2) is 97.7 Å². The van der Waals surface area contributed by atoms with Gasteiger partial charge in [-0.15, -0.1) is 0 Å². The summed E-state index contributed by atoms with van der Waals surface area (Å²) in [5, 5.41) is 0. The third-order valence-corrected chi connectivity index (χ3v) is 8.33. The van der Waals surface area contributed by atoms with Gasteiger partial charge in [-0.2, -0.15) is 0 Å². The molecule has 2 N–H and O–H groups in total. The van der Waals surface area contributed by atoms with Gasteiger partial charge in [0.05, 0.1) is 11.3 Å². The SMILES string of the molecule is C=CC(=O)N1CC2CC[C@H]1CN2Cc1ccc(-n2c(-c3cccnc3N)nc3ccc(-c4ccccc4)nc32)cc1. The summed E-state index contributed by atoms with van der Waals surface area (Å²) in [6, 6.07) is 27.2. The minimum atomic E-state index is 0.0466. The summed E-state index contributed by atoms with van der Waals surface area (Å²) in [7, 11) is 0. The van der Waals surface area contributed by atoms with E-state index in [0.29, 0.717) is 17.7 Å². The predicted octanol–water partition coefficient (Wildman–Crippen LogP) is 5.09. The molecule has 0 saturated carbocycles. The maximum absolute atomic E-state index is 12.3. The molecule has 204 valence electrons. The van der Waals surface area contributed by atoms with Crippen molar-refractivity contribution in [3.63, 3.8) is 0 Å². The van der Waals surface area contributed by atoms with E-state index in [1.807, 2.05) is 47.4 Å². The lowest BCUT2D eigenvalue weighted by molar-refractivity contribution is -0.136. The predicted molar refractivity (Wildman–Crippen MR) is 161 cm³/mol. The molecule has 2 atom stereocenters. The van der Waals surface area contributed by atoms with Crippen LogP contribution in [0.3, 0.4) is 0 Å². The second kappa shape index (κ2) is 10.3. The lowest BCUT2D eigenvalue weighted by Crippen LogP contribution is -2.63. The molecule has 2 bridgehead atoms. The highest BCUT2D eigenvalue weighted by Crippen LogP contribution is 2.33. The summed E-state index contributed by atoms with van der Waals surface area (Å²) in [6.45, 7) is 6.20.